The molecule has 11 nitrogen and oxygen atoms in total. The lowest BCUT2D eigenvalue weighted by atomic mass is 9.33. The first kappa shape index (κ1) is 34.9. The lowest BCUT2D eigenvalue weighted by Gasteiger charge is -2.70. The number of esters is 2. The van der Waals surface area contributed by atoms with Crippen LogP contribution < -0.4 is 10.6 Å². The molecule has 3 saturated carbocycles. The van der Waals surface area contributed by atoms with Crippen molar-refractivity contribution in [3.8, 4) is 0 Å². The van der Waals surface area contributed by atoms with Gasteiger partial charge in [-0.05, 0) is 88.5 Å². The van der Waals surface area contributed by atoms with Crippen molar-refractivity contribution in [3.63, 3.8) is 0 Å². The van der Waals surface area contributed by atoms with E-state index in [0.29, 0.717) is 37.1 Å². The minimum atomic E-state index is -1.36. The van der Waals surface area contributed by atoms with Crippen LogP contribution in [0.5, 0.6) is 0 Å². The third-order valence-corrected chi connectivity index (χ3v) is 16.4. The Hall–Kier alpha value is -2.57. The number of aliphatic hydroxyl groups excluding tert-OH is 1. The summed E-state index contributed by atoms with van der Waals surface area (Å²) in [5.41, 5.74) is -3.83. The monoisotopic (exact) mass is 732 g/mol. The van der Waals surface area contributed by atoms with E-state index in [-0.39, 0.29) is 36.6 Å². The SMILES string of the molecule is CC1(C)OC2CC(=O)OCC23C1C(=O)C(O)C1(C2CCCCC2)C3CCC2(C)C(c3ccoc3CCC3C=CC(C4CNCN4)CC3)OC(=O)C3OC321. The first-order valence-electron chi connectivity index (χ1n) is 20.6. The van der Waals surface area contributed by atoms with E-state index in [2.05, 4.69) is 29.7 Å². The third kappa shape index (κ3) is 4.49. The fourth-order valence-electron chi connectivity index (χ4n) is 14.4. The molecule has 13 unspecified atom stereocenters. The zero-order valence-electron chi connectivity index (χ0n) is 31.4. The van der Waals surface area contributed by atoms with Gasteiger partial charge in [0.15, 0.2) is 11.9 Å². The van der Waals surface area contributed by atoms with Gasteiger partial charge in [-0.1, -0.05) is 38.3 Å². The first-order valence-corrected chi connectivity index (χ1v) is 20.6. The van der Waals surface area contributed by atoms with Crippen molar-refractivity contribution in [1.82, 2.24) is 10.6 Å². The fraction of sp³-hybridized carbons (Fsp3) is 0.786. The number of carbonyl (C=O) groups is 3. The molecule has 1 aromatic rings. The molecule has 0 radical (unpaired) electrons. The molecule has 3 N–H and O–H groups in total. The molecule has 0 bridgehead atoms. The summed E-state index contributed by atoms with van der Waals surface area (Å²) < 4.78 is 32.2. The Bertz CT molecular complexity index is 1710. The van der Waals surface area contributed by atoms with Gasteiger partial charge in [-0.25, -0.2) is 4.79 Å². The van der Waals surface area contributed by atoms with Crippen LogP contribution in [0.2, 0.25) is 0 Å². The van der Waals surface area contributed by atoms with Crippen molar-refractivity contribution in [2.45, 2.75) is 139 Å². The van der Waals surface area contributed by atoms with Crippen molar-refractivity contribution in [2.75, 3.05) is 19.8 Å². The van der Waals surface area contributed by atoms with Crippen molar-refractivity contribution >= 4 is 17.7 Å². The predicted molar refractivity (Wildman–Crippen MR) is 190 cm³/mol. The average Bonchev–Trinajstić information content (AvgIpc) is 3.43. The van der Waals surface area contributed by atoms with Crippen LogP contribution in [0.4, 0.5) is 0 Å². The summed E-state index contributed by atoms with van der Waals surface area (Å²) in [5.74, 6) is -0.159. The smallest absolute Gasteiger partial charge is 0.339 e. The molecule has 1 aromatic heterocycles. The third-order valence-electron chi connectivity index (χ3n) is 16.4. The van der Waals surface area contributed by atoms with Gasteiger partial charge in [-0.2, -0.15) is 0 Å². The zero-order chi connectivity index (χ0) is 36.5. The molecule has 5 aliphatic heterocycles. The number of allylic oxidation sites excluding steroid dienone is 1. The van der Waals surface area contributed by atoms with Gasteiger partial charge in [0, 0.05) is 47.5 Å². The molecule has 8 fully saturated rings. The van der Waals surface area contributed by atoms with Gasteiger partial charge < -0.3 is 33.8 Å². The highest BCUT2D eigenvalue weighted by molar-refractivity contribution is 5.92. The highest BCUT2D eigenvalue weighted by Crippen LogP contribution is 2.82. The maximum atomic E-state index is 15.1. The normalized spacial score (nSPS) is 48.5. The second-order valence-electron chi connectivity index (χ2n) is 18.9. The Labute approximate surface area is 311 Å². The Morgan fingerprint density at radius 1 is 0.962 bits per heavy atom. The molecule has 9 aliphatic rings. The number of ketones is 1. The van der Waals surface area contributed by atoms with Gasteiger partial charge >= 0.3 is 11.9 Å². The maximum absolute atomic E-state index is 15.1. The summed E-state index contributed by atoms with van der Waals surface area (Å²) >= 11 is 0. The summed E-state index contributed by atoms with van der Waals surface area (Å²) in [6, 6.07) is 2.45. The summed E-state index contributed by atoms with van der Waals surface area (Å²) in [6.07, 6.45) is 13.1. The number of cyclic esters (lactones) is 2. The number of epoxide rings is 1. The summed E-state index contributed by atoms with van der Waals surface area (Å²) in [5, 5.41) is 19.9. The standard InChI is InChI=1S/C42H56N2O9/c1-38(2)33-32(46)34(47)41(25-7-5-4-6-8-25)29(40(33)21-50-31(45)19-30(40)52-38)15-17-39(3)35(51-37(48)36-42(39,41)53-36)26-16-18-49-28(26)14-11-23-9-12-24(13-10-23)27-20-43-22-44-27/h9,12,16,18,23-25,27,29-30,33-36,43-44,47H,4-8,10-11,13-15,17,19-22H2,1-3H3. The first-order chi connectivity index (χ1) is 25.5. The molecule has 0 amide bonds. The van der Waals surface area contributed by atoms with E-state index >= 15 is 4.79 Å². The van der Waals surface area contributed by atoms with Gasteiger partial charge in [0.2, 0.25) is 0 Å². The topological polar surface area (TPSA) is 149 Å². The van der Waals surface area contributed by atoms with E-state index in [0.717, 1.165) is 75.9 Å². The molecular formula is C42H56N2O9. The number of hydrogen-bond donors (Lipinski definition) is 3. The van der Waals surface area contributed by atoms with E-state index in [1.807, 2.05) is 19.9 Å². The molecule has 2 spiro atoms. The fourth-order valence-corrected chi connectivity index (χ4v) is 14.4. The van der Waals surface area contributed by atoms with Crippen LogP contribution in [0.15, 0.2) is 28.9 Å². The highest BCUT2D eigenvalue weighted by Gasteiger charge is 2.92. The second kappa shape index (κ2) is 12.0. The van der Waals surface area contributed by atoms with Crippen LogP contribution in [0.25, 0.3) is 0 Å². The van der Waals surface area contributed by atoms with Crippen molar-refractivity contribution in [2.24, 2.45) is 45.8 Å². The van der Waals surface area contributed by atoms with Crippen molar-refractivity contribution < 1.29 is 42.9 Å². The molecular weight excluding hydrogens is 676 g/mol. The molecule has 53 heavy (non-hydrogen) atoms. The Kier molecular flexibility index (Phi) is 7.88. The number of carbonyl (C=O) groups excluding carboxylic acids is 3. The minimum absolute atomic E-state index is 0.0605. The Morgan fingerprint density at radius 2 is 1.79 bits per heavy atom. The number of fused-ring (bicyclic) bond motifs is 1. The van der Waals surface area contributed by atoms with Gasteiger partial charge in [0.05, 0.1) is 30.3 Å². The van der Waals surface area contributed by atoms with E-state index in [9.17, 15) is 14.7 Å². The second-order valence-corrected chi connectivity index (χ2v) is 18.9. The number of aryl methyl sites for hydroxylation is 1. The van der Waals surface area contributed by atoms with E-state index in [1.165, 1.54) is 0 Å². The summed E-state index contributed by atoms with van der Waals surface area (Å²) in [7, 11) is 0. The van der Waals surface area contributed by atoms with Gasteiger partial charge in [-0.15, -0.1) is 0 Å². The molecule has 4 aliphatic carbocycles. The Morgan fingerprint density at radius 3 is 2.55 bits per heavy atom. The van der Waals surface area contributed by atoms with E-state index < -0.39 is 63.8 Å². The molecule has 288 valence electrons. The van der Waals surface area contributed by atoms with E-state index in [1.54, 1.807) is 6.26 Å². The number of furan rings is 1. The number of ether oxygens (including phenoxy) is 4. The minimum Gasteiger partial charge on any atom is -0.469 e. The number of aliphatic hydroxyl groups is 1. The largest absolute Gasteiger partial charge is 0.469 e. The van der Waals surface area contributed by atoms with Gasteiger partial charge in [0.1, 0.15) is 30.2 Å². The number of Topliss-reactive ketones (excluding diaryl/α,β-unsaturated/α-hetero) is 1. The van der Waals surface area contributed by atoms with Crippen LogP contribution in [0.3, 0.4) is 0 Å². The molecule has 0 aromatic carbocycles. The lowest BCUT2D eigenvalue weighted by Crippen LogP contribution is -2.79. The average molecular weight is 733 g/mol. The summed E-state index contributed by atoms with van der Waals surface area (Å²) in [6.45, 7) is 7.97. The Balaban J connectivity index is 1.03. The lowest BCUT2D eigenvalue weighted by molar-refractivity contribution is -0.275. The quantitative estimate of drug-likeness (QED) is 0.212. The van der Waals surface area contributed by atoms with Crippen LogP contribution in [-0.4, -0.2) is 78.2 Å². The molecule has 10 rings (SSSR count). The van der Waals surface area contributed by atoms with Crippen molar-refractivity contribution in [3.05, 3.63) is 35.8 Å². The summed E-state index contributed by atoms with van der Waals surface area (Å²) in [4.78, 5) is 42.2. The van der Waals surface area contributed by atoms with Gasteiger partial charge in [0.25, 0.3) is 0 Å². The molecule has 11 heteroatoms. The highest BCUT2D eigenvalue weighted by atomic mass is 16.7. The van der Waals surface area contributed by atoms with Crippen LogP contribution >= 0.6 is 0 Å². The molecule has 13 atom stereocenters. The van der Waals surface area contributed by atoms with Gasteiger partial charge in [-0.3, -0.25) is 14.9 Å². The van der Waals surface area contributed by atoms with Crippen LogP contribution in [0, 0.1) is 45.8 Å². The van der Waals surface area contributed by atoms with Crippen LogP contribution in [-0.2, 0) is 39.8 Å². The van der Waals surface area contributed by atoms with Crippen molar-refractivity contribution in [1.29, 1.82) is 0 Å². The van der Waals surface area contributed by atoms with E-state index in [4.69, 9.17) is 23.4 Å². The zero-order valence-corrected chi connectivity index (χ0v) is 31.4. The maximum Gasteiger partial charge on any atom is 0.339 e. The molecule has 6 heterocycles. The predicted octanol–water partition coefficient (Wildman–Crippen LogP) is 4.70. The number of rotatable bonds is 6. The van der Waals surface area contributed by atoms with Crippen LogP contribution in [0.1, 0.15) is 109 Å². The number of hydrogen-bond acceptors (Lipinski definition) is 11. The molecule has 5 saturated heterocycles. The number of nitrogens with one attached hydrogen (secondary N) is 2.